The van der Waals surface area contributed by atoms with Crippen LogP contribution in [0.3, 0.4) is 0 Å². The van der Waals surface area contributed by atoms with Crippen LogP contribution >= 0.6 is 0 Å². The van der Waals surface area contributed by atoms with Crippen LogP contribution in [0, 0.1) is 0 Å². The minimum absolute atomic E-state index is 0.293. The van der Waals surface area contributed by atoms with Gasteiger partial charge in [-0.1, -0.05) is 30.7 Å². The number of rotatable bonds is 1. The van der Waals surface area contributed by atoms with Crippen LogP contribution in [0.4, 0.5) is 0 Å². The minimum Gasteiger partial charge on any atom is -0.385 e. The number of aromatic nitrogens is 1. The predicted molar refractivity (Wildman–Crippen MR) is 85.2 cm³/mol. The van der Waals surface area contributed by atoms with Crippen LogP contribution in [0.2, 0.25) is 0 Å². The Morgan fingerprint density at radius 1 is 1.09 bits per heavy atom. The monoisotopic (exact) mass is 317 g/mol. The van der Waals surface area contributed by atoms with Crippen molar-refractivity contribution in [2.24, 2.45) is 0 Å². The van der Waals surface area contributed by atoms with E-state index in [1.54, 1.807) is 12.4 Å². The molecule has 22 heavy (non-hydrogen) atoms. The van der Waals surface area contributed by atoms with E-state index in [4.69, 9.17) is 0 Å². The first kappa shape index (κ1) is 14.2. The molecule has 3 heterocycles. The highest BCUT2D eigenvalue weighted by Gasteiger charge is 2.51. The van der Waals surface area contributed by atoms with Crippen molar-refractivity contribution in [3.8, 4) is 0 Å². The zero-order valence-corrected chi connectivity index (χ0v) is 13.1. The highest BCUT2D eigenvalue weighted by molar-refractivity contribution is 7.92. The summed E-state index contributed by atoms with van der Waals surface area (Å²) in [5.41, 5.74) is -0.313. The fraction of sp³-hybridized carbons (Fsp3) is 0.471. The lowest BCUT2D eigenvalue weighted by molar-refractivity contribution is 0.00612. The molecule has 5 heteroatoms. The van der Waals surface area contributed by atoms with Crippen LogP contribution in [0.15, 0.2) is 36.7 Å². The maximum atomic E-state index is 12.5. The third kappa shape index (κ3) is 1.99. The number of pyridine rings is 1. The lowest BCUT2D eigenvalue weighted by atomic mass is 9.79. The lowest BCUT2D eigenvalue weighted by Gasteiger charge is -2.44. The molecule has 2 unspecified atom stereocenters. The average Bonchev–Trinajstić information content (AvgIpc) is 2.48. The molecule has 2 bridgehead atoms. The zero-order chi connectivity index (χ0) is 15.4. The molecule has 2 aromatic rings. The molecule has 2 saturated heterocycles. The summed E-state index contributed by atoms with van der Waals surface area (Å²) in [6.07, 6.45) is 6.35. The first-order chi connectivity index (χ1) is 10.5. The van der Waals surface area contributed by atoms with E-state index in [0.29, 0.717) is 25.7 Å². The third-order valence-corrected chi connectivity index (χ3v) is 7.94. The van der Waals surface area contributed by atoms with Gasteiger partial charge in [-0.25, -0.2) is 8.42 Å². The van der Waals surface area contributed by atoms with Crippen molar-refractivity contribution in [3.63, 3.8) is 0 Å². The predicted octanol–water partition coefficient (Wildman–Crippen LogP) is 2.55. The van der Waals surface area contributed by atoms with Gasteiger partial charge in [-0.2, -0.15) is 0 Å². The van der Waals surface area contributed by atoms with Crippen LogP contribution in [0.5, 0.6) is 0 Å². The summed E-state index contributed by atoms with van der Waals surface area (Å²) in [6, 6.07) is 7.83. The van der Waals surface area contributed by atoms with Crippen molar-refractivity contribution in [2.75, 3.05) is 0 Å². The Labute approximate surface area is 130 Å². The highest BCUT2D eigenvalue weighted by Crippen LogP contribution is 2.47. The Morgan fingerprint density at radius 3 is 2.50 bits per heavy atom. The van der Waals surface area contributed by atoms with E-state index in [-0.39, 0.29) is 0 Å². The second-order valence-electron chi connectivity index (χ2n) is 6.61. The summed E-state index contributed by atoms with van der Waals surface area (Å²) in [7, 11) is -3.08. The summed E-state index contributed by atoms with van der Waals surface area (Å²) in [5.74, 6) is 0. The molecule has 1 aromatic heterocycles. The molecular weight excluding hydrogens is 298 g/mol. The molecule has 0 radical (unpaired) electrons. The van der Waals surface area contributed by atoms with Gasteiger partial charge in [-0.3, -0.25) is 4.98 Å². The minimum atomic E-state index is -3.08. The number of hydrogen-bond acceptors (Lipinski definition) is 4. The van der Waals surface area contributed by atoms with Gasteiger partial charge in [0.15, 0.2) is 9.84 Å². The fourth-order valence-electron chi connectivity index (χ4n) is 4.15. The standard InChI is InChI=1S/C17H19NO3S/c19-17(8-13-5-3-6-14(9-17)22(13,20)21)16-11-18-10-12-4-1-2-7-15(12)16/h1-2,4,7,10-11,13-14,19H,3,5-6,8-9H2. The van der Waals surface area contributed by atoms with Gasteiger partial charge < -0.3 is 5.11 Å². The zero-order valence-electron chi connectivity index (χ0n) is 12.3. The van der Waals surface area contributed by atoms with E-state index in [1.165, 1.54) is 0 Å². The molecule has 0 saturated carbocycles. The molecule has 0 amide bonds. The van der Waals surface area contributed by atoms with Gasteiger partial charge in [0.1, 0.15) is 0 Å². The van der Waals surface area contributed by atoms with Crippen LogP contribution in [-0.2, 0) is 15.4 Å². The molecule has 116 valence electrons. The van der Waals surface area contributed by atoms with Crippen molar-refractivity contribution in [1.82, 2.24) is 4.98 Å². The second kappa shape index (κ2) is 4.77. The van der Waals surface area contributed by atoms with Gasteiger partial charge in [0.25, 0.3) is 0 Å². The van der Waals surface area contributed by atoms with Crippen molar-refractivity contribution in [2.45, 2.75) is 48.2 Å². The van der Waals surface area contributed by atoms with E-state index < -0.39 is 25.9 Å². The SMILES string of the molecule is O=S1(=O)C2CCCC1CC(O)(c1cncc3ccccc13)C2. The Hall–Kier alpha value is -1.46. The van der Waals surface area contributed by atoms with Crippen molar-refractivity contribution in [3.05, 3.63) is 42.2 Å². The number of benzene rings is 1. The first-order valence-electron chi connectivity index (χ1n) is 7.79. The maximum absolute atomic E-state index is 12.5. The van der Waals surface area contributed by atoms with E-state index in [2.05, 4.69) is 4.98 Å². The third-order valence-electron chi connectivity index (χ3n) is 5.28. The van der Waals surface area contributed by atoms with Gasteiger partial charge in [0, 0.05) is 23.3 Å². The van der Waals surface area contributed by atoms with Gasteiger partial charge in [0.05, 0.1) is 16.1 Å². The first-order valence-corrected chi connectivity index (χ1v) is 9.40. The molecule has 1 N–H and O–H groups in total. The summed E-state index contributed by atoms with van der Waals surface area (Å²) in [6.45, 7) is 0. The largest absolute Gasteiger partial charge is 0.385 e. The maximum Gasteiger partial charge on any atom is 0.156 e. The number of sulfone groups is 1. The molecule has 1 aromatic carbocycles. The molecule has 2 aliphatic rings. The van der Waals surface area contributed by atoms with E-state index >= 15 is 0 Å². The summed E-state index contributed by atoms with van der Waals surface area (Å²) in [4.78, 5) is 4.25. The van der Waals surface area contributed by atoms with Crippen molar-refractivity contribution in [1.29, 1.82) is 0 Å². The lowest BCUT2D eigenvalue weighted by Crippen LogP contribution is -2.50. The summed E-state index contributed by atoms with van der Waals surface area (Å²) in [5, 5.41) is 12.4. The van der Waals surface area contributed by atoms with Gasteiger partial charge in [-0.05, 0) is 31.1 Å². The molecule has 0 spiro atoms. The van der Waals surface area contributed by atoms with Crippen LogP contribution in [0.1, 0.15) is 37.7 Å². The molecule has 4 nitrogen and oxygen atoms in total. The van der Waals surface area contributed by atoms with Crippen molar-refractivity contribution < 1.29 is 13.5 Å². The van der Waals surface area contributed by atoms with Crippen molar-refractivity contribution >= 4 is 20.6 Å². The molecule has 2 fully saturated rings. The number of nitrogens with zero attached hydrogens (tertiary/aromatic N) is 1. The van der Waals surface area contributed by atoms with E-state index in [1.807, 2.05) is 24.3 Å². The van der Waals surface area contributed by atoms with E-state index in [9.17, 15) is 13.5 Å². The Bertz CT molecular complexity index is 805. The molecular formula is C17H19NO3S. The van der Waals surface area contributed by atoms with Gasteiger partial charge >= 0.3 is 0 Å². The quantitative estimate of drug-likeness (QED) is 0.878. The number of fused-ring (bicyclic) bond motifs is 3. The molecule has 4 rings (SSSR count). The number of aliphatic hydroxyl groups is 1. The van der Waals surface area contributed by atoms with Gasteiger partial charge in [-0.15, -0.1) is 0 Å². The topological polar surface area (TPSA) is 67.3 Å². The molecule has 2 aliphatic heterocycles. The second-order valence-corrected chi connectivity index (χ2v) is 9.12. The van der Waals surface area contributed by atoms with Crippen LogP contribution < -0.4 is 0 Å². The summed E-state index contributed by atoms with van der Waals surface area (Å²) < 4.78 is 24.9. The Morgan fingerprint density at radius 2 is 1.77 bits per heavy atom. The average molecular weight is 317 g/mol. The Kier molecular flexibility index (Phi) is 3.07. The number of hydrogen-bond donors (Lipinski definition) is 1. The smallest absolute Gasteiger partial charge is 0.156 e. The van der Waals surface area contributed by atoms with Gasteiger partial charge in [0.2, 0.25) is 0 Å². The Balaban J connectivity index is 1.85. The van der Waals surface area contributed by atoms with Crippen LogP contribution in [-0.4, -0.2) is 29.0 Å². The normalized spacial score (nSPS) is 33.7. The van der Waals surface area contributed by atoms with E-state index in [0.717, 1.165) is 22.8 Å². The summed E-state index contributed by atoms with van der Waals surface area (Å²) >= 11 is 0. The molecule has 0 aliphatic carbocycles. The highest BCUT2D eigenvalue weighted by atomic mass is 32.2. The fourth-order valence-corrected chi connectivity index (χ4v) is 6.70. The molecule has 2 atom stereocenters. The van der Waals surface area contributed by atoms with Crippen LogP contribution in [0.25, 0.3) is 10.8 Å².